The topological polar surface area (TPSA) is 12.0 Å². The maximum absolute atomic E-state index is 14.6. The maximum Gasteiger partial charge on any atom is 0.137 e. The number of hydrogen-bond acceptors (Lipinski definition) is 1. The van der Waals surface area contributed by atoms with Crippen LogP contribution in [-0.4, -0.2) is 6.54 Å². The van der Waals surface area contributed by atoms with Crippen LogP contribution in [-0.2, 0) is 12.8 Å². The van der Waals surface area contributed by atoms with Gasteiger partial charge in [-0.3, -0.25) is 0 Å². The van der Waals surface area contributed by atoms with Gasteiger partial charge >= 0.3 is 0 Å². The Bertz CT molecular complexity index is 642. The average molecular weight is 338 g/mol. The van der Waals surface area contributed by atoms with Crippen LogP contribution in [0.5, 0.6) is 0 Å². The monoisotopic (exact) mass is 337 g/mol. The predicted octanol–water partition coefficient (Wildman–Crippen LogP) is 4.81. The number of anilines is 1. The van der Waals surface area contributed by atoms with Gasteiger partial charge in [0.1, 0.15) is 12.0 Å². The summed E-state index contributed by atoms with van der Waals surface area (Å²) in [5.74, 6) is -0.355. The van der Waals surface area contributed by atoms with Gasteiger partial charge in [0.05, 0.1) is 4.47 Å². The summed E-state index contributed by atoms with van der Waals surface area (Å²) in [6.45, 7) is 0.850. The number of halogens is 3. The molecule has 2 aromatic carbocycles. The minimum absolute atomic E-state index is 0.163. The van der Waals surface area contributed by atoms with Crippen LogP contribution in [0, 0.1) is 5.82 Å². The Balaban J connectivity index is 1.89. The first kappa shape index (κ1) is 13.6. The Labute approximate surface area is 125 Å². The van der Waals surface area contributed by atoms with Gasteiger partial charge in [0, 0.05) is 24.2 Å². The van der Waals surface area contributed by atoms with Gasteiger partial charge in [-0.05, 0) is 39.5 Å². The first-order valence-corrected chi connectivity index (χ1v) is 7.38. The second kappa shape index (κ2) is 5.52. The normalized spacial score (nSPS) is 14.8. The van der Waals surface area contributed by atoms with Gasteiger partial charge < -0.3 is 5.32 Å². The van der Waals surface area contributed by atoms with Crippen molar-refractivity contribution in [2.75, 3.05) is 11.9 Å². The summed E-state index contributed by atoms with van der Waals surface area (Å²) in [6.07, 6.45) is -0.0515. The zero-order valence-electron chi connectivity index (χ0n) is 10.8. The molecular weight excluding hydrogens is 324 g/mol. The Morgan fingerprint density at radius 3 is 2.85 bits per heavy atom. The smallest absolute Gasteiger partial charge is 0.137 e. The highest BCUT2D eigenvalue weighted by atomic mass is 79.9. The van der Waals surface area contributed by atoms with E-state index in [1.54, 1.807) is 18.2 Å². The summed E-state index contributed by atoms with van der Waals surface area (Å²) in [6, 6.07) is 10.4. The molecule has 1 atom stereocenters. The largest absolute Gasteiger partial charge is 0.384 e. The Morgan fingerprint density at radius 1 is 1.20 bits per heavy atom. The number of para-hydroxylation sites is 1. The third-order valence-electron chi connectivity index (χ3n) is 3.65. The summed E-state index contributed by atoms with van der Waals surface area (Å²) >= 11 is 3.19. The standard InChI is InChI=1S/C16H14BrF2N/c17-15-11(4-2-6-13(15)18)9-14(19)12-5-1-3-10-7-8-20-16(10)12/h1-6,14,20H,7-9H2. The first-order chi connectivity index (χ1) is 9.66. The molecule has 0 aliphatic carbocycles. The zero-order chi connectivity index (χ0) is 14.1. The van der Waals surface area contributed by atoms with Crippen molar-refractivity contribution in [2.45, 2.75) is 19.0 Å². The van der Waals surface area contributed by atoms with Crippen molar-refractivity contribution in [3.05, 3.63) is 63.4 Å². The summed E-state index contributed by atoms with van der Waals surface area (Å²) in [5, 5.41) is 3.24. The van der Waals surface area contributed by atoms with E-state index >= 15 is 0 Å². The maximum atomic E-state index is 14.6. The van der Waals surface area contributed by atoms with Gasteiger partial charge in [0.25, 0.3) is 0 Å². The highest BCUT2D eigenvalue weighted by Gasteiger charge is 2.21. The fourth-order valence-corrected chi connectivity index (χ4v) is 3.06. The minimum Gasteiger partial charge on any atom is -0.384 e. The molecular formula is C16H14BrF2N. The lowest BCUT2D eigenvalue weighted by Gasteiger charge is -2.14. The molecule has 0 fully saturated rings. The van der Waals surface area contributed by atoms with E-state index in [0.717, 1.165) is 24.2 Å². The summed E-state index contributed by atoms with van der Waals surface area (Å²) < 4.78 is 28.4. The van der Waals surface area contributed by atoms with Crippen molar-refractivity contribution in [3.8, 4) is 0 Å². The second-order valence-electron chi connectivity index (χ2n) is 4.94. The van der Waals surface area contributed by atoms with E-state index in [1.165, 1.54) is 6.07 Å². The van der Waals surface area contributed by atoms with Crippen LogP contribution in [0.2, 0.25) is 0 Å². The number of rotatable bonds is 3. The van der Waals surface area contributed by atoms with Crippen LogP contribution in [0.15, 0.2) is 40.9 Å². The SMILES string of the molecule is Fc1cccc(CC(F)c2cccc3c2NCC3)c1Br. The van der Waals surface area contributed by atoms with Gasteiger partial charge in [-0.1, -0.05) is 30.3 Å². The van der Waals surface area contributed by atoms with Gasteiger partial charge in [0.2, 0.25) is 0 Å². The number of hydrogen-bond donors (Lipinski definition) is 1. The van der Waals surface area contributed by atoms with E-state index in [2.05, 4.69) is 21.2 Å². The molecule has 20 heavy (non-hydrogen) atoms. The van der Waals surface area contributed by atoms with E-state index in [1.807, 2.05) is 12.1 Å². The molecule has 0 amide bonds. The molecule has 0 aromatic heterocycles. The van der Waals surface area contributed by atoms with Crippen LogP contribution in [0.1, 0.15) is 22.9 Å². The Morgan fingerprint density at radius 2 is 2.00 bits per heavy atom. The van der Waals surface area contributed by atoms with E-state index in [-0.39, 0.29) is 12.2 Å². The highest BCUT2D eigenvalue weighted by Crippen LogP contribution is 2.35. The summed E-state index contributed by atoms with van der Waals surface area (Å²) in [5.41, 5.74) is 3.38. The van der Waals surface area contributed by atoms with Gasteiger partial charge in [-0.25, -0.2) is 8.78 Å². The number of benzene rings is 2. The molecule has 1 aliphatic rings. The van der Waals surface area contributed by atoms with Crippen LogP contribution in [0.3, 0.4) is 0 Å². The van der Waals surface area contributed by atoms with Crippen molar-refractivity contribution in [1.29, 1.82) is 0 Å². The molecule has 4 heteroatoms. The lowest BCUT2D eigenvalue weighted by Crippen LogP contribution is -2.03. The molecule has 0 saturated heterocycles. The molecule has 3 rings (SSSR count). The van der Waals surface area contributed by atoms with Crippen LogP contribution in [0.4, 0.5) is 14.5 Å². The Hall–Kier alpha value is -1.42. The summed E-state index contributed by atoms with van der Waals surface area (Å²) in [4.78, 5) is 0. The molecule has 0 spiro atoms. The fraction of sp³-hybridized carbons (Fsp3) is 0.250. The summed E-state index contributed by atoms with van der Waals surface area (Å²) in [7, 11) is 0. The van der Waals surface area contributed by atoms with Gasteiger partial charge in [-0.15, -0.1) is 0 Å². The zero-order valence-corrected chi connectivity index (χ0v) is 12.4. The molecule has 1 N–H and O–H groups in total. The van der Waals surface area contributed by atoms with E-state index < -0.39 is 6.17 Å². The van der Waals surface area contributed by atoms with Gasteiger partial charge in [-0.2, -0.15) is 0 Å². The molecule has 1 heterocycles. The minimum atomic E-state index is -1.14. The Kier molecular flexibility index (Phi) is 3.74. The number of alkyl halides is 1. The molecule has 1 aliphatic heterocycles. The van der Waals surface area contributed by atoms with Crippen LogP contribution < -0.4 is 5.32 Å². The molecule has 1 nitrogen and oxygen atoms in total. The van der Waals surface area contributed by atoms with Crippen molar-refractivity contribution in [1.82, 2.24) is 0 Å². The van der Waals surface area contributed by atoms with Crippen molar-refractivity contribution >= 4 is 21.6 Å². The molecule has 0 bridgehead atoms. The number of nitrogens with one attached hydrogen (secondary N) is 1. The van der Waals surface area contributed by atoms with E-state index in [4.69, 9.17) is 0 Å². The second-order valence-corrected chi connectivity index (χ2v) is 5.74. The third-order valence-corrected chi connectivity index (χ3v) is 4.54. The highest BCUT2D eigenvalue weighted by molar-refractivity contribution is 9.10. The molecule has 2 aromatic rings. The van der Waals surface area contributed by atoms with Crippen molar-refractivity contribution in [2.24, 2.45) is 0 Å². The lowest BCUT2D eigenvalue weighted by molar-refractivity contribution is 0.342. The molecule has 0 saturated carbocycles. The third kappa shape index (κ3) is 2.44. The number of fused-ring (bicyclic) bond motifs is 1. The molecule has 0 radical (unpaired) electrons. The molecule has 104 valence electrons. The van der Waals surface area contributed by atoms with Crippen molar-refractivity contribution < 1.29 is 8.78 Å². The fourth-order valence-electron chi connectivity index (χ4n) is 2.64. The van der Waals surface area contributed by atoms with Crippen LogP contribution in [0.25, 0.3) is 0 Å². The average Bonchev–Trinajstić information content (AvgIpc) is 2.92. The lowest BCUT2D eigenvalue weighted by atomic mass is 9.99. The first-order valence-electron chi connectivity index (χ1n) is 6.59. The van der Waals surface area contributed by atoms with E-state index in [0.29, 0.717) is 15.6 Å². The van der Waals surface area contributed by atoms with Gasteiger partial charge in [0.15, 0.2) is 0 Å². The van der Waals surface area contributed by atoms with Crippen LogP contribution >= 0.6 is 15.9 Å². The predicted molar refractivity (Wildman–Crippen MR) is 80.3 cm³/mol. The van der Waals surface area contributed by atoms with Crippen molar-refractivity contribution in [3.63, 3.8) is 0 Å². The quantitative estimate of drug-likeness (QED) is 0.847. The van der Waals surface area contributed by atoms with E-state index in [9.17, 15) is 8.78 Å². The molecule has 1 unspecified atom stereocenters.